The van der Waals surface area contributed by atoms with Gasteiger partial charge in [0.2, 0.25) is 0 Å². The van der Waals surface area contributed by atoms with E-state index in [9.17, 15) is 0 Å². The molecular formula is C14H22N2. The molecule has 0 aromatic carbocycles. The molecule has 1 N–H and O–H groups in total. The molecule has 16 heavy (non-hydrogen) atoms. The van der Waals surface area contributed by atoms with Crippen LogP contribution >= 0.6 is 0 Å². The van der Waals surface area contributed by atoms with Gasteiger partial charge in [0.05, 0.1) is 0 Å². The van der Waals surface area contributed by atoms with Crippen molar-refractivity contribution >= 4 is 0 Å². The van der Waals surface area contributed by atoms with Crippen LogP contribution in [-0.2, 0) is 0 Å². The minimum Gasteiger partial charge on any atom is -0.307 e. The van der Waals surface area contributed by atoms with Crippen molar-refractivity contribution in [2.75, 3.05) is 0 Å². The van der Waals surface area contributed by atoms with Crippen LogP contribution in [-0.4, -0.2) is 11.0 Å². The Morgan fingerprint density at radius 1 is 1.19 bits per heavy atom. The van der Waals surface area contributed by atoms with E-state index in [0.29, 0.717) is 6.04 Å². The number of hydrogen-bond acceptors (Lipinski definition) is 2. The zero-order valence-electron chi connectivity index (χ0n) is 10.5. The Bertz CT molecular complexity index is 315. The second-order valence-electron chi connectivity index (χ2n) is 5.34. The average molecular weight is 218 g/mol. The molecule has 2 nitrogen and oxygen atoms in total. The fourth-order valence-corrected chi connectivity index (χ4v) is 2.44. The van der Waals surface area contributed by atoms with E-state index >= 15 is 0 Å². The lowest BCUT2D eigenvalue weighted by Gasteiger charge is -2.40. The van der Waals surface area contributed by atoms with Gasteiger partial charge in [-0.3, -0.25) is 4.98 Å². The summed E-state index contributed by atoms with van der Waals surface area (Å²) in [7, 11) is 0. The van der Waals surface area contributed by atoms with Crippen LogP contribution in [0.1, 0.15) is 45.2 Å². The molecule has 1 heterocycles. The molecule has 1 saturated carbocycles. The minimum atomic E-state index is 0.445. The van der Waals surface area contributed by atoms with Gasteiger partial charge in [-0.1, -0.05) is 13.8 Å². The van der Waals surface area contributed by atoms with Crippen molar-refractivity contribution in [1.29, 1.82) is 0 Å². The summed E-state index contributed by atoms with van der Waals surface area (Å²) >= 11 is 0. The lowest BCUT2D eigenvalue weighted by molar-refractivity contribution is 0.159. The van der Waals surface area contributed by atoms with Crippen molar-refractivity contribution in [3.63, 3.8) is 0 Å². The first-order valence-electron chi connectivity index (χ1n) is 6.32. The quantitative estimate of drug-likeness (QED) is 0.839. The van der Waals surface area contributed by atoms with E-state index in [1.807, 2.05) is 12.4 Å². The number of pyridine rings is 1. The summed E-state index contributed by atoms with van der Waals surface area (Å²) in [6.45, 7) is 6.89. The van der Waals surface area contributed by atoms with Gasteiger partial charge >= 0.3 is 0 Å². The molecule has 1 atom stereocenters. The van der Waals surface area contributed by atoms with Gasteiger partial charge in [-0.25, -0.2) is 0 Å². The zero-order valence-corrected chi connectivity index (χ0v) is 10.5. The number of rotatable bonds is 4. The van der Waals surface area contributed by atoms with E-state index in [4.69, 9.17) is 0 Å². The Kier molecular flexibility index (Phi) is 3.59. The van der Waals surface area contributed by atoms with Crippen molar-refractivity contribution in [3.8, 4) is 0 Å². The first-order chi connectivity index (χ1) is 7.66. The van der Waals surface area contributed by atoms with Crippen LogP contribution in [0.25, 0.3) is 0 Å². The van der Waals surface area contributed by atoms with Crippen LogP contribution in [0.5, 0.6) is 0 Å². The van der Waals surface area contributed by atoms with E-state index < -0.39 is 0 Å². The van der Waals surface area contributed by atoms with Gasteiger partial charge in [0.25, 0.3) is 0 Å². The van der Waals surface area contributed by atoms with Crippen molar-refractivity contribution in [1.82, 2.24) is 10.3 Å². The van der Waals surface area contributed by atoms with Crippen LogP contribution in [0.2, 0.25) is 0 Å². The molecule has 1 aromatic heterocycles. The second-order valence-corrected chi connectivity index (χ2v) is 5.34. The predicted octanol–water partition coefficient (Wildman–Crippen LogP) is 3.17. The topological polar surface area (TPSA) is 24.9 Å². The maximum Gasteiger partial charge on any atom is 0.0295 e. The SMILES string of the molecule is CC(C)C1CC(N[C@H](C)c2ccncc2)C1. The molecule has 2 rings (SSSR count). The molecule has 0 spiro atoms. The summed E-state index contributed by atoms with van der Waals surface area (Å²) in [5.74, 6) is 1.77. The maximum absolute atomic E-state index is 4.05. The Hall–Kier alpha value is -0.890. The Balaban J connectivity index is 1.80. The highest BCUT2D eigenvalue weighted by Crippen LogP contribution is 2.34. The third kappa shape index (κ3) is 2.62. The molecular weight excluding hydrogens is 196 g/mol. The lowest BCUT2D eigenvalue weighted by atomic mass is 9.73. The molecule has 1 fully saturated rings. The van der Waals surface area contributed by atoms with Gasteiger partial charge in [-0.05, 0) is 49.3 Å². The molecule has 0 unspecified atom stereocenters. The van der Waals surface area contributed by atoms with Gasteiger partial charge < -0.3 is 5.32 Å². The molecule has 0 radical (unpaired) electrons. The van der Waals surface area contributed by atoms with Crippen LogP contribution in [0.15, 0.2) is 24.5 Å². The van der Waals surface area contributed by atoms with Crippen LogP contribution in [0, 0.1) is 11.8 Å². The van der Waals surface area contributed by atoms with Gasteiger partial charge in [0, 0.05) is 24.5 Å². The highest BCUT2D eigenvalue weighted by atomic mass is 15.0. The number of nitrogens with one attached hydrogen (secondary N) is 1. The fourth-order valence-electron chi connectivity index (χ4n) is 2.44. The third-order valence-electron chi connectivity index (χ3n) is 3.81. The first kappa shape index (κ1) is 11.6. The fraction of sp³-hybridized carbons (Fsp3) is 0.643. The monoisotopic (exact) mass is 218 g/mol. The zero-order chi connectivity index (χ0) is 11.5. The van der Waals surface area contributed by atoms with Crippen LogP contribution in [0.4, 0.5) is 0 Å². The summed E-state index contributed by atoms with van der Waals surface area (Å²) in [6.07, 6.45) is 6.41. The van der Waals surface area contributed by atoms with Gasteiger partial charge in [-0.2, -0.15) is 0 Å². The number of nitrogens with zero attached hydrogens (tertiary/aromatic N) is 1. The summed E-state index contributed by atoms with van der Waals surface area (Å²) in [5, 5.41) is 3.69. The molecule has 1 aromatic rings. The maximum atomic E-state index is 4.05. The van der Waals surface area contributed by atoms with Crippen LogP contribution < -0.4 is 5.32 Å². The molecule has 1 aliphatic carbocycles. The van der Waals surface area contributed by atoms with Gasteiger partial charge in [0.1, 0.15) is 0 Å². The van der Waals surface area contributed by atoms with Crippen molar-refractivity contribution in [2.45, 2.75) is 45.7 Å². The van der Waals surface area contributed by atoms with Crippen LogP contribution in [0.3, 0.4) is 0 Å². The summed E-state index contributed by atoms with van der Waals surface area (Å²) in [5.41, 5.74) is 1.34. The number of aromatic nitrogens is 1. The van der Waals surface area contributed by atoms with E-state index in [1.54, 1.807) is 0 Å². The normalized spacial score (nSPS) is 26.5. The lowest BCUT2D eigenvalue weighted by Crippen LogP contribution is -2.43. The number of hydrogen-bond donors (Lipinski definition) is 1. The highest BCUT2D eigenvalue weighted by molar-refractivity contribution is 5.14. The van der Waals surface area contributed by atoms with Crippen molar-refractivity contribution < 1.29 is 0 Å². The highest BCUT2D eigenvalue weighted by Gasteiger charge is 2.31. The van der Waals surface area contributed by atoms with E-state index in [-0.39, 0.29) is 0 Å². The summed E-state index contributed by atoms with van der Waals surface area (Å²) in [4.78, 5) is 4.05. The smallest absolute Gasteiger partial charge is 0.0295 e. The molecule has 1 aliphatic rings. The molecule has 0 bridgehead atoms. The molecule has 2 heteroatoms. The largest absolute Gasteiger partial charge is 0.307 e. The Morgan fingerprint density at radius 3 is 2.38 bits per heavy atom. The first-order valence-corrected chi connectivity index (χ1v) is 6.32. The van der Waals surface area contributed by atoms with E-state index in [2.05, 4.69) is 43.2 Å². The van der Waals surface area contributed by atoms with E-state index in [0.717, 1.165) is 17.9 Å². The van der Waals surface area contributed by atoms with Gasteiger partial charge in [-0.15, -0.1) is 0 Å². The summed E-state index contributed by atoms with van der Waals surface area (Å²) in [6, 6.07) is 5.35. The summed E-state index contributed by atoms with van der Waals surface area (Å²) < 4.78 is 0. The molecule has 0 amide bonds. The minimum absolute atomic E-state index is 0.445. The van der Waals surface area contributed by atoms with E-state index in [1.165, 1.54) is 18.4 Å². The van der Waals surface area contributed by atoms with Crippen molar-refractivity contribution in [3.05, 3.63) is 30.1 Å². The van der Waals surface area contributed by atoms with Gasteiger partial charge in [0.15, 0.2) is 0 Å². The van der Waals surface area contributed by atoms with Crippen molar-refractivity contribution in [2.24, 2.45) is 11.8 Å². The Labute approximate surface area is 98.5 Å². The Morgan fingerprint density at radius 2 is 1.81 bits per heavy atom. The average Bonchev–Trinajstić information content (AvgIpc) is 2.23. The molecule has 0 aliphatic heterocycles. The molecule has 88 valence electrons. The second kappa shape index (κ2) is 4.96. The molecule has 0 saturated heterocycles. The third-order valence-corrected chi connectivity index (χ3v) is 3.81. The standard InChI is InChI=1S/C14H22N2/c1-10(2)13-8-14(9-13)16-11(3)12-4-6-15-7-5-12/h4-7,10-11,13-14,16H,8-9H2,1-3H3/t11-,13?,14?/m1/s1. The predicted molar refractivity (Wildman–Crippen MR) is 67.1 cm³/mol.